The van der Waals surface area contributed by atoms with Crippen LogP contribution in [0.3, 0.4) is 0 Å². The highest BCUT2D eigenvalue weighted by atomic mass is 16.4. The highest BCUT2D eigenvalue weighted by Crippen LogP contribution is 2.09. The zero-order valence-electron chi connectivity index (χ0n) is 11.6. The monoisotopic (exact) mass is 298 g/mol. The molecule has 112 valence electrons. The summed E-state index contributed by atoms with van der Waals surface area (Å²) in [6.07, 6.45) is 5.13. The minimum Gasteiger partial charge on any atom is -0.481 e. The van der Waals surface area contributed by atoms with Crippen molar-refractivity contribution in [1.29, 1.82) is 0 Å². The zero-order valence-corrected chi connectivity index (χ0v) is 11.6. The first-order valence-corrected chi connectivity index (χ1v) is 6.69. The Morgan fingerprint density at radius 3 is 2.68 bits per heavy atom. The molecule has 0 aliphatic rings. The van der Waals surface area contributed by atoms with Crippen LogP contribution >= 0.6 is 0 Å². The summed E-state index contributed by atoms with van der Waals surface area (Å²) >= 11 is 0. The van der Waals surface area contributed by atoms with E-state index in [1.807, 2.05) is 10.8 Å². The van der Waals surface area contributed by atoms with Crippen molar-refractivity contribution in [3.05, 3.63) is 70.7 Å². The van der Waals surface area contributed by atoms with Crippen molar-refractivity contribution >= 4 is 5.97 Å². The lowest BCUT2D eigenvalue weighted by atomic mass is 10.1. The van der Waals surface area contributed by atoms with Gasteiger partial charge in [0.25, 0.3) is 5.56 Å². The number of hydrogen-bond acceptors (Lipinski definition) is 3. The van der Waals surface area contributed by atoms with Crippen molar-refractivity contribution in [3.63, 3.8) is 0 Å². The maximum Gasteiger partial charge on any atom is 0.307 e. The normalized spacial score (nSPS) is 10.7. The van der Waals surface area contributed by atoms with E-state index < -0.39 is 5.97 Å². The van der Waals surface area contributed by atoms with Gasteiger partial charge in [0, 0.05) is 18.5 Å². The molecular weight excluding hydrogens is 284 g/mol. The second-order valence-corrected chi connectivity index (χ2v) is 4.93. The fourth-order valence-electron chi connectivity index (χ4n) is 2.23. The molecule has 2 heterocycles. The molecule has 3 aromatic rings. The molecule has 2 aromatic heterocycles. The van der Waals surface area contributed by atoms with Gasteiger partial charge < -0.3 is 9.67 Å². The summed E-state index contributed by atoms with van der Waals surface area (Å²) < 4.78 is 3.28. The number of hydrogen-bond donors (Lipinski definition) is 2. The molecule has 0 aliphatic heterocycles. The third-order valence-electron chi connectivity index (χ3n) is 3.24. The van der Waals surface area contributed by atoms with Crippen LogP contribution in [-0.4, -0.2) is 30.4 Å². The van der Waals surface area contributed by atoms with E-state index in [-0.39, 0.29) is 12.0 Å². The number of aromatic amines is 1. The molecule has 0 radical (unpaired) electrons. The number of rotatable bonds is 5. The number of nitrogens with one attached hydrogen (secondary N) is 1. The van der Waals surface area contributed by atoms with Gasteiger partial charge in [0.15, 0.2) is 0 Å². The average Bonchev–Trinajstić information content (AvgIpc) is 3.09. The maximum atomic E-state index is 12.0. The van der Waals surface area contributed by atoms with E-state index in [9.17, 15) is 9.59 Å². The number of nitrogens with zero attached hydrogens (tertiary/aromatic N) is 3. The van der Waals surface area contributed by atoms with Gasteiger partial charge in [-0.15, -0.1) is 0 Å². The Morgan fingerprint density at radius 1 is 1.27 bits per heavy atom. The highest BCUT2D eigenvalue weighted by Gasteiger charge is 2.06. The van der Waals surface area contributed by atoms with Gasteiger partial charge in [-0.2, -0.15) is 0 Å². The van der Waals surface area contributed by atoms with Crippen LogP contribution in [0.2, 0.25) is 0 Å². The molecule has 0 bridgehead atoms. The Bertz CT molecular complexity index is 829. The van der Waals surface area contributed by atoms with Gasteiger partial charge in [-0.3, -0.25) is 14.7 Å². The van der Waals surface area contributed by atoms with Crippen LogP contribution in [0, 0.1) is 0 Å². The van der Waals surface area contributed by atoms with Crippen LogP contribution in [0.4, 0.5) is 0 Å². The predicted octanol–water partition coefficient (Wildman–Crippen LogP) is 1.04. The summed E-state index contributed by atoms with van der Waals surface area (Å²) in [5, 5.41) is 11.8. The lowest BCUT2D eigenvalue weighted by molar-refractivity contribution is -0.136. The third-order valence-corrected chi connectivity index (χ3v) is 3.24. The fraction of sp³-hybridized carbons (Fsp3) is 0.133. The summed E-state index contributed by atoms with van der Waals surface area (Å²) in [5.74, 6) is -0.882. The molecule has 0 saturated heterocycles. The summed E-state index contributed by atoms with van der Waals surface area (Å²) in [4.78, 5) is 26.7. The standard InChI is InChI=1S/C15H14N4O3/c20-14-8-12(9-18-6-5-16-10-18)17-19(14)13-3-1-11(2-4-13)7-15(21)22/h1-6,8,10,17H,7,9H2,(H,21,22). The molecule has 0 atom stereocenters. The molecule has 0 amide bonds. The molecule has 7 nitrogen and oxygen atoms in total. The smallest absolute Gasteiger partial charge is 0.307 e. The Hall–Kier alpha value is -3.09. The van der Waals surface area contributed by atoms with Crippen LogP contribution in [0.5, 0.6) is 0 Å². The molecule has 0 saturated carbocycles. The molecular formula is C15H14N4O3. The topological polar surface area (TPSA) is 92.9 Å². The van der Waals surface area contributed by atoms with Gasteiger partial charge >= 0.3 is 5.97 Å². The molecule has 0 fully saturated rings. The minimum absolute atomic E-state index is 0.0359. The SMILES string of the molecule is O=C(O)Cc1ccc(-n2[nH]c(Cn3ccnc3)cc2=O)cc1. The summed E-state index contributed by atoms with van der Waals surface area (Å²) in [6, 6.07) is 8.37. The Balaban J connectivity index is 1.84. The van der Waals surface area contributed by atoms with Crippen LogP contribution in [0.25, 0.3) is 5.69 Å². The van der Waals surface area contributed by atoms with Gasteiger partial charge in [0.2, 0.25) is 0 Å². The Morgan fingerprint density at radius 2 is 2.05 bits per heavy atom. The van der Waals surface area contributed by atoms with E-state index in [0.29, 0.717) is 17.8 Å². The van der Waals surface area contributed by atoms with Gasteiger partial charge in [0.1, 0.15) is 0 Å². The maximum absolute atomic E-state index is 12.0. The average molecular weight is 298 g/mol. The lowest BCUT2D eigenvalue weighted by Gasteiger charge is -2.04. The van der Waals surface area contributed by atoms with Crippen molar-refractivity contribution in [2.24, 2.45) is 0 Å². The third kappa shape index (κ3) is 2.98. The van der Waals surface area contributed by atoms with Crippen molar-refractivity contribution in [2.45, 2.75) is 13.0 Å². The number of carbonyl (C=O) groups is 1. The van der Waals surface area contributed by atoms with E-state index in [1.165, 1.54) is 10.7 Å². The van der Waals surface area contributed by atoms with Crippen LogP contribution < -0.4 is 5.56 Å². The minimum atomic E-state index is -0.882. The molecule has 7 heteroatoms. The molecule has 3 rings (SSSR count). The van der Waals surface area contributed by atoms with Gasteiger partial charge in [0.05, 0.1) is 30.7 Å². The fourth-order valence-corrected chi connectivity index (χ4v) is 2.23. The summed E-state index contributed by atoms with van der Waals surface area (Å²) in [7, 11) is 0. The Kier molecular flexibility index (Phi) is 3.61. The van der Waals surface area contributed by atoms with Crippen molar-refractivity contribution in [1.82, 2.24) is 19.3 Å². The second kappa shape index (κ2) is 5.72. The highest BCUT2D eigenvalue weighted by molar-refractivity contribution is 5.70. The van der Waals surface area contributed by atoms with E-state index >= 15 is 0 Å². The first kappa shape index (κ1) is 13.9. The zero-order chi connectivity index (χ0) is 15.5. The number of aromatic nitrogens is 4. The second-order valence-electron chi connectivity index (χ2n) is 4.93. The van der Waals surface area contributed by atoms with Gasteiger partial charge in [-0.1, -0.05) is 12.1 Å². The molecule has 22 heavy (non-hydrogen) atoms. The number of aliphatic carboxylic acids is 1. The molecule has 0 spiro atoms. The van der Waals surface area contributed by atoms with E-state index in [0.717, 1.165) is 5.69 Å². The predicted molar refractivity (Wildman–Crippen MR) is 79.1 cm³/mol. The van der Waals surface area contributed by atoms with E-state index in [1.54, 1.807) is 36.8 Å². The number of imidazole rings is 1. The molecule has 2 N–H and O–H groups in total. The van der Waals surface area contributed by atoms with Gasteiger partial charge in [-0.25, -0.2) is 9.67 Å². The van der Waals surface area contributed by atoms with Crippen molar-refractivity contribution in [2.75, 3.05) is 0 Å². The lowest BCUT2D eigenvalue weighted by Crippen LogP contribution is -2.13. The number of carboxylic acids is 1. The van der Waals surface area contributed by atoms with E-state index in [2.05, 4.69) is 10.1 Å². The summed E-state index contributed by atoms with van der Waals surface area (Å²) in [5.41, 5.74) is 1.95. The molecule has 0 unspecified atom stereocenters. The first-order chi connectivity index (χ1) is 10.6. The molecule has 1 aromatic carbocycles. The van der Waals surface area contributed by atoms with Crippen molar-refractivity contribution in [3.8, 4) is 5.69 Å². The van der Waals surface area contributed by atoms with Crippen LogP contribution in [-0.2, 0) is 17.8 Å². The largest absolute Gasteiger partial charge is 0.481 e. The number of H-pyrrole nitrogens is 1. The number of carboxylic acid groups (broad SMARTS) is 1. The Labute approximate surface area is 125 Å². The quantitative estimate of drug-likeness (QED) is 0.736. The van der Waals surface area contributed by atoms with Crippen LogP contribution in [0.1, 0.15) is 11.3 Å². The van der Waals surface area contributed by atoms with Gasteiger partial charge in [-0.05, 0) is 17.7 Å². The van der Waals surface area contributed by atoms with Crippen LogP contribution in [0.15, 0.2) is 53.8 Å². The summed E-state index contributed by atoms with van der Waals surface area (Å²) in [6.45, 7) is 0.527. The molecule has 0 aliphatic carbocycles. The number of benzene rings is 1. The van der Waals surface area contributed by atoms with Crippen molar-refractivity contribution < 1.29 is 9.90 Å². The van der Waals surface area contributed by atoms with E-state index in [4.69, 9.17) is 5.11 Å². The first-order valence-electron chi connectivity index (χ1n) is 6.69.